The van der Waals surface area contributed by atoms with Gasteiger partial charge in [-0.05, 0) is 46.5 Å². The summed E-state index contributed by atoms with van der Waals surface area (Å²) in [5, 5.41) is 0. The van der Waals surface area contributed by atoms with E-state index in [9.17, 15) is 9.59 Å². The molecule has 1 aliphatic heterocycles. The molecule has 2 bridgehead atoms. The first-order valence-electron chi connectivity index (χ1n) is 10.9. The van der Waals surface area contributed by atoms with Gasteiger partial charge in [0.25, 0.3) is 0 Å². The predicted molar refractivity (Wildman–Crippen MR) is 127 cm³/mol. The Morgan fingerprint density at radius 3 is 1.91 bits per heavy atom. The average molecular weight is 504 g/mol. The van der Waals surface area contributed by atoms with E-state index in [1.807, 2.05) is 36.4 Å². The van der Waals surface area contributed by atoms with Crippen molar-refractivity contribution in [3.05, 3.63) is 99.5 Å². The fraction of sp³-hybridized carbons (Fsp3) is 0.259. The van der Waals surface area contributed by atoms with Gasteiger partial charge in [-0.1, -0.05) is 64.5 Å². The Morgan fingerprint density at radius 1 is 0.818 bits per heavy atom. The third-order valence-corrected chi connectivity index (χ3v) is 8.10. The van der Waals surface area contributed by atoms with Crippen LogP contribution in [-0.2, 0) is 24.5 Å². The highest BCUT2D eigenvalue weighted by atomic mass is 79.9. The van der Waals surface area contributed by atoms with Crippen LogP contribution in [0.25, 0.3) is 0 Å². The second-order valence-corrected chi connectivity index (χ2v) is 9.73. The summed E-state index contributed by atoms with van der Waals surface area (Å²) in [5.41, 5.74) is 3.78. The highest BCUT2D eigenvalue weighted by Gasteiger charge is 2.71. The fourth-order valence-corrected chi connectivity index (χ4v) is 6.81. The number of rotatable bonds is 4. The van der Waals surface area contributed by atoms with Crippen LogP contribution in [0.3, 0.4) is 0 Å². The molecule has 2 atom stereocenters. The Morgan fingerprint density at radius 2 is 1.36 bits per heavy atom. The van der Waals surface area contributed by atoms with Gasteiger partial charge in [-0.25, -0.2) is 4.90 Å². The Hall–Kier alpha value is -2.80. The standard InChI is InChI=1S/C27H22BrNO4/c1-32-26(33-2)27-19-9-5-3-7-17(19)21(18-8-4-6-10-20(18)27)22-23(27)25(31)29(24(22)30)16-13-11-15(28)12-14-16/h3-14,21-23,26H,1-2H3/t21?,22-,23+,27?/m1/s1. The topological polar surface area (TPSA) is 55.8 Å². The molecule has 0 unspecified atom stereocenters. The molecule has 0 radical (unpaired) electrons. The minimum absolute atomic E-state index is 0.170. The number of amides is 2. The van der Waals surface area contributed by atoms with E-state index < -0.39 is 23.5 Å². The summed E-state index contributed by atoms with van der Waals surface area (Å²) < 4.78 is 12.7. The molecule has 3 aliphatic carbocycles. The van der Waals surface area contributed by atoms with Crippen LogP contribution in [0.4, 0.5) is 5.69 Å². The fourth-order valence-electron chi connectivity index (χ4n) is 6.54. The SMILES string of the molecule is COC(OC)C12c3ccccc3C(c3ccccc31)[C@H]1C(=O)N(c3ccc(Br)cc3)C(=O)[C@H]12. The van der Waals surface area contributed by atoms with Gasteiger partial charge in [0.1, 0.15) is 0 Å². The number of methoxy groups -OCH3 is 2. The summed E-state index contributed by atoms with van der Waals surface area (Å²) in [5.74, 6) is -1.74. The number of imide groups is 1. The number of hydrogen-bond acceptors (Lipinski definition) is 4. The van der Waals surface area contributed by atoms with Gasteiger partial charge in [0.2, 0.25) is 11.8 Å². The molecule has 0 saturated carbocycles. The van der Waals surface area contributed by atoms with Crippen LogP contribution >= 0.6 is 15.9 Å². The number of anilines is 1. The largest absolute Gasteiger partial charge is 0.355 e. The van der Waals surface area contributed by atoms with E-state index in [0.717, 1.165) is 26.7 Å². The van der Waals surface area contributed by atoms with Crippen molar-refractivity contribution in [3.8, 4) is 0 Å². The molecule has 3 aromatic rings. The van der Waals surface area contributed by atoms with Gasteiger partial charge < -0.3 is 9.47 Å². The van der Waals surface area contributed by atoms with Crippen LogP contribution in [0.2, 0.25) is 0 Å². The maximum absolute atomic E-state index is 14.2. The Labute approximate surface area is 200 Å². The molecule has 2 amide bonds. The van der Waals surface area contributed by atoms with Gasteiger partial charge in [0.15, 0.2) is 6.29 Å². The van der Waals surface area contributed by atoms with E-state index in [4.69, 9.17) is 9.47 Å². The van der Waals surface area contributed by atoms with Gasteiger partial charge in [-0.3, -0.25) is 9.59 Å². The average Bonchev–Trinajstić information content (AvgIpc) is 3.12. The molecule has 1 saturated heterocycles. The number of ether oxygens (including phenoxy) is 2. The van der Waals surface area contributed by atoms with Gasteiger partial charge >= 0.3 is 0 Å². The van der Waals surface area contributed by atoms with Crippen molar-refractivity contribution in [1.29, 1.82) is 0 Å². The first kappa shape index (κ1) is 20.8. The summed E-state index contributed by atoms with van der Waals surface area (Å²) >= 11 is 3.44. The van der Waals surface area contributed by atoms with Gasteiger partial charge in [0.05, 0.1) is 22.9 Å². The molecule has 5 nitrogen and oxygen atoms in total. The first-order valence-corrected chi connectivity index (χ1v) is 11.7. The summed E-state index contributed by atoms with van der Waals surface area (Å²) in [6.45, 7) is 0. The van der Waals surface area contributed by atoms with E-state index in [2.05, 4.69) is 40.2 Å². The smallest absolute Gasteiger partial charge is 0.239 e. The van der Waals surface area contributed by atoms with Crippen molar-refractivity contribution in [2.45, 2.75) is 17.6 Å². The molecule has 4 aliphatic rings. The molecule has 6 heteroatoms. The molecule has 166 valence electrons. The molecule has 7 rings (SSSR count). The lowest BCUT2D eigenvalue weighted by Crippen LogP contribution is -2.60. The maximum atomic E-state index is 14.2. The van der Waals surface area contributed by atoms with E-state index in [1.165, 1.54) is 4.90 Å². The monoisotopic (exact) mass is 503 g/mol. The number of halogens is 1. The summed E-state index contributed by atoms with van der Waals surface area (Å²) in [6, 6.07) is 23.5. The van der Waals surface area contributed by atoms with Crippen LogP contribution in [0.1, 0.15) is 28.2 Å². The van der Waals surface area contributed by atoms with Crippen molar-refractivity contribution in [1.82, 2.24) is 0 Å². The Bertz CT molecular complexity index is 1240. The second kappa shape index (κ2) is 7.35. The lowest BCUT2D eigenvalue weighted by molar-refractivity contribution is -0.168. The van der Waals surface area contributed by atoms with Gasteiger partial charge in [-0.2, -0.15) is 0 Å². The molecule has 0 spiro atoms. The zero-order valence-corrected chi connectivity index (χ0v) is 19.8. The van der Waals surface area contributed by atoms with Crippen molar-refractivity contribution in [2.24, 2.45) is 11.8 Å². The van der Waals surface area contributed by atoms with Gasteiger partial charge in [0, 0.05) is 24.6 Å². The molecule has 1 fully saturated rings. The second-order valence-electron chi connectivity index (χ2n) is 8.82. The van der Waals surface area contributed by atoms with Crippen LogP contribution in [0, 0.1) is 11.8 Å². The quantitative estimate of drug-likeness (QED) is 0.385. The van der Waals surface area contributed by atoms with Crippen molar-refractivity contribution >= 4 is 33.4 Å². The summed E-state index contributed by atoms with van der Waals surface area (Å²) in [6.07, 6.45) is -0.741. The van der Waals surface area contributed by atoms with Crippen molar-refractivity contribution in [2.75, 3.05) is 19.1 Å². The third-order valence-electron chi connectivity index (χ3n) is 7.57. The predicted octanol–water partition coefficient (Wildman–Crippen LogP) is 4.62. The zero-order valence-electron chi connectivity index (χ0n) is 18.2. The minimum Gasteiger partial charge on any atom is -0.355 e. The highest BCUT2D eigenvalue weighted by Crippen LogP contribution is 2.65. The van der Waals surface area contributed by atoms with E-state index in [1.54, 1.807) is 26.4 Å². The molecule has 0 aromatic heterocycles. The van der Waals surface area contributed by atoms with E-state index in [-0.39, 0.29) is 17.7 Å². The van der Waals surface area contributed by atoms with E-state index >= 15 is 0 Å². The number of benzene rings is 3. The lowest BCUT2D eigenvalue weighted by Gasteiger charge is -2.56. The molecule has 3 aromatic carbocycles. The lowest BCUT2D eigenvalue weighted by atomic mass is 9.47. The Balaban J connectivity index is 1.67. The van der Waals surface area contributed by atoms with Gasteiger partial charge in [-0.15, -0.1) is 0 Å². The summed E-state index contributed by atoms with van der Waals surface area (Å²) in [7, 11) is 3.19. The van der Waals surface area contributed by atoms with E-state index in [0.29, 0.717) is 5.69 Å². The minimum atomic E-state index is -0.938. The van der Waals surface area contributed by atoms with Crippen molar-refractivity contribution < 1.29 is 19.1 Å². The van der Waals surface area contributed by atoms with Crippen LogP contribution in [0.5, 0.6) is 0 Å². The normalized spacial score (nSPS) is 27.0. The van der Waals surface area contributed by atoms with Crippen LogP contribution < -0.4 is 4.90 Å². The number of nitrogens with zero attached hydrogens (tertiary/aromatic N) is 1. The van der Waals surface area contributed by atoms with Crippen molar-refractivity contribution in [3.63, 3.8) is 0 Å². The molecule has 33 heavy (non-hydrogen) atoms. The number of carbonyl (C=O) groups excluding carboxylic acids is 2. The molecular weight excluding hydrogens is 482 g/mol. The maximum Gasteiger partial charge on any atom is 0.239 e. The number of hydrogen-bond donors (Lipinski definition) is 0. The zero-order chi connectivity index (χ0) is 22.9. The first-order chi connectivity index (χ1) is 16.1. The summed E-state index contributed by atoms with van der Waals surface area (Å²) in [4.78, 5) is 29.5. The number of carbonyl (C=O) groups is 2. The molecule has 0 N–H and O–H groups in total. The Kier molecular flexibility index (Phi) is 4.63. The highest BCUT2D eigenvalue weighted by molar-refractivity contribution is 9.10. The van der Waals surface area contributed by atoms with Crippen LogP contribution in [-0.4, -0.2) is 32.3 Å². The molecule has 1 heterocycles. The molecular formula is C27H22BrNO4. The third kappa shape index (κ3) is 2.49. The van der Waals surface area contributed by atoms with Crippen LogP contribution in [0.15, 0.2) is 77.3 Å².